The molecule has 0 amide bonds. The van der Waals surface area contributed by atoms with E-state index in [1.54, 1.807) is 0 Å². The first-order chi connectivity index (χ1) is 28.3. The molecule has 2 nitrogen and oxygen atoms in total. The van der Waals surface area contributed by atoms with E-state index in [0.29, 0.717) is 0 Å². The van der Waals surface area contributed by atoms with E-state index in [2.05, 4.69) is 234 Å². The maximum Gasteiger partial charge on any atom is 0.252 e. The fourth-order valence-corrected chi connectivity index (χ4v) is 9.20. The topological polar surface area (TPSA) is 6.48 Å². The highest BCUT2D eigenvalue weighted by molar-refractivity contribution is 7.00. The van der Waals surface area contributed by atoms with E-state index in [9.17, 15) is 0 Å². The van der Waals surface area contributed by atoms with E-state index in [1.807, 2.05) is 0 Å². The van der Waals surface area contributed by atoms with Crippen LogP contribution in [0.1, 0.15) is 0 Å². The fourth-order valence-electron chi connectivity index (χ4n) is 9.20. The molecule has 0 bridgehead atoms. The molecule has 0 radical (unpaired) electrons. The van der Waals surface area contributed by atoms with Crippen LogP contribution in [-0.2, 0) is 0 Å². The third-order valence-corrected chi connectivity index (χ3v) is 11.6. The first kappa shape index (κ1) is 33.0. The summed E-state index contributed by atoms with van der Waals surface area (Å²) >= 11 is 0. The van der Waals surface area contributed by atoms with Gasteiger partial charge in [0.15, 0.2) is 0 Å². The first-order valence-corrected chi connectivity index (χ1v) is 19.7. The maximum absolute atomic E-state index is 2.53. The standard InChI is InChI=1S/C54H37BN2/c1-6-19-38(20-7-1)42-33-34-50-48(35-42)55-47-29-16-17-30-49(47)56(43-27-14-5-15-28-43)51-31-18-32-52(54(51)55)57(50)44-36-45(39-21-8-2-9-22-39)53(41-25-12-4-13-26-41)46(37-44)40-23-10-3-11-24-40/h1-37H. The van der Waals surface area contributed by atoms with E-state index in [1.165, 1.54) is 83.6 Å². The van der Waals surface area contributed by atoms with Crippen molar-refractivity contribution in [1.82, 2.24) is 0 Å². The normalized spacial score (nSPS) is 12.5. The van der Waals surface area contributed by atoms with E-state index in [4.69, 9.17) is 0 Å². The Bertz CT molecular complexity index is 2830. The van der Waals surface area contributed by atoms with Gasteiger partial charge in [0, 0.05) is 34.1 Å². The zero-order valence-corrected chi connectivity index (χ0v) is 31.3. The van der Waals surface area contributed by atoms with Crippen molar-refractivity contribution in [3.63, 3.8) is 0 Å². The highest BCUT2D eigenvalue weighted by Gasteiger charge is 2.43. The molecule has 57 heavy (non-hydrogen) atoms. The summed E-state index contributed by atoms with van der Waals surface area (Å²) in [6.07, 6.45) is 0. The van der Waals surface area contributed by atoms with Gasteiger partial charge >= 0.3 is 0 Å². The van der Waals surface area contributed by atoms with Crippen LogP contribution in [-0.4, -0.2) is 6.71 Å². The Labute approximate surface area is 334 Å². The predicted octanol–water partition coefficient (Wildman–Crippen LogP) is 12.4. The Morgan fingerprint density at radius 2 is 0.737 bits per heavy atom. The molecule has 0 N–H and O–H groups in total. The van der Waals surface area contributed by atoms with Crippen molar-refractivity contribution in [2.75, 3.05) is 9.80 Å². The highest BCUT2D eigenvalue weighted by Crippen LogP contribution is 2.48. The summed E-state index contributed by atoms with van der Waals surface area (Å²) in [5.41, 5.74) is 20.6. The number of hydrogen-bond donors (Lipinski definition) is 0. The summed E-state index contributed by atoms with van der Waals surface area (Å²) in [6, 6.07) is 82.0. The Morgan fingerprint density at radius 3 is 1.33 bits per heavy atom. The maximum atomic E-state index is 2.53. The van der Waals surface area contributed by atoms with Gasteiger partial charge in [-0.2, -0.15) is 0 Å². The van der Waals surface area contributed by atoms with Crippen LogP contribution in [0.5, 0.6) is 0 Å². The second kappa shape index (κ2) is 13.7. The molecule has 0 aliphatic carbocycles. The number of rotatable bonds is 6. The second-order valence-electron chi connectivity index (χ2n) is 14.9. The van der Waals surface area contributed by atoms with Crippen LogP contribution >= 0.6 is 0 Å². The minimum Gasteiger partial charge on any atom is -0.311 e. The summed E-state index contributed by atoms with van der Waals surface area (Å²) in [5.74, 6) is 0. The summed E-state index contributed by atoms with van der Waals surface area (Å²) < 4.78 is 0. The molecule has 9 aromatic rings. The highest BCUT2D eigenvalue weighted by atomic mass is 15.2. The summed E-state index contributed by atoms with van der Waals surface area (Å²) in [6.45, 7) is 0.0352. The van der Waals surface area contributed by atoms with Gasteiger partial charge in [0.1, 0.15) is 0 Å². The molecule has 0 unspecified atom stereocenters. The molecular formula is C54H37BN2. The lowest BCUT2D eigenvalue weighted by Crippen LogP contribution is -2.61. The molecule has 2 heterocycles. The number of para-hydroxylation sites is 2. The molecule has 0 aromatic heterocycles. The third kappa shape index (κ3) is 5.51. The lowest BCUT2D eigenvalue weighted by Gasteiger charge is -2.44. The van der Waals surface area contributed by atoms with Crippen molar-refractivity contribution in [3.05, 3.63) is 224 Å². The number of fused-ring (bicyclic) bond motifs is 4. The molecular weight excluding hydrogens is 687 g/mol. The van der Waals surface area contributed by atoms with Gasteiger partial charge in [0.2, 0.25) is 0 Å². The van der Waals surface area contributed by atoms with Gasteiger partial charge in [-0.1, -0.05) is 176 Å². The average molecular weight is 725 g/mol. The first-order valence-electron chi connectivity index (χ1n) is 19.7. The molecule has 0 fully saturated rings. The SMILES string of the molecule is c1ccc(-c2ccc3c(c2)B2c4ccccc4N(c4ccccc4)c4cccc(c42)N3c2cc(-c3ccccc3)c(-c3ccccc3)c(-c3ccccc3)c2)cc1. The van der Waals surface area contributed by atoms with Crippen molar-refractivity contribution in [3.8, 4) is 44.5 Å². The minimum atomic E-state index is 0.0352. The monoisotopic (exact) mass is 724 g/mol. The van der Waals surface area contributed by atoms with E-state index in [0.717, 1.165) is 11.4 Å². The lowest BCUT2D eigenvalue weighted by molar-refractivity contribution is 1.25. The zero-order valence-electron chi connectivity index (χ0n) is 31.3. The Balaban J connectivity index is 1.24. The molecule has 11 rings (SSSR count). The van der Waals surface area contributed by atoms with E-state index >= 15 is 0 Å². The van der Waals surface area contributed by atoms with Gasteiger partial charge in [-0.05, 0) is 109 Å². The van der Waals surface area contributed by atoms with Crippen LogP contribution in [0.15, 0.2) is 224 Å². The smallest absolute Gasteiger partial charge is 0.252 e. The van der Waals surface area contributed by atoms with Crippen LogP contribution < -0.4 is 26.2 Å². The van der Waals surface area contributed by atoms with Crippen LogP contribution in [0, 0.1) is 0 Å². The molecule has 2 aliphatic heterocycles. The van der Waals surface area contributed by atoms with Crippen LogP contribution in [0.25, 0.3) is 44.5 Å². The number of nitrogens with zero attached hydrogens (tertiary/aromatic N) is 2. The van der Waals surface area contributed by atoms with Crippen molar-refractivity contribution in [2.45, 2.75) is 0 Å². The largest absolute Gasteiger partial charge is 0.311 e. The molecule has 266 valence electrons. The van der Waals surface area contributed by atoms with Gasteiger partial charge in [0.05, 0.1) is 0 Å². The quantitative estimate of drug-likeness (QED) is 0.158. The van der Waals surface area contributed by atoms with E-state index in [-0.39, 0.29) is 6.71 Å². The molecule has 2 aliphatic rings. The van der Waals surface area contributed by atoms with Crippen molar-refractivity contribution in [1.29, 1.82) is 0 Å². The lowest BCUT2D eigenvalue weighted by atomic mass is 9.33. The van der Waals surface area contributed by atoms with Crippen LogP contribution in [0.3, 0.4) is 0 Å². The molecule has 0 saturated heterocycles. The van der Waals surface area contributed by atoms with Crippen molar-refractivity contribution in [2.24, 2.45) is 0 Å². The minimum absolute atomic E-state index is 0.0352. The second-order valence-corrected chi connectivity index (χ2v) is 14.9. The van der Waals surface area contributed by atoms with Gasteiger partial charge in [-0.15, -0.1) is 0 Å². The zero-order chi connectivity index (χ0) is 37.7. The van der Waals surface area contributed by atoms with Crippen LogP contribution in [0.2, 0.25) is 0 Å². The Kier molecular flexibility index (Phi) is 7.96. The van der Waals surface area contributed by atoms with Crippen molar-refractivity contribution < 1.29 is 0 Å². The average Bonchev–Trinajstić information content (AvgIpc) is 3.30. The Hall–Kier alpha value is -7.36. The van der Waals surface area contributed by atoms with Crippen LogP contribution in [0.4, 0.5) is 34.1 Å². The van der Waals surface area contributed by atoms with Crippen molar-refractivity contribution >= 4 is 57.2 Å². The van der Waals surface area contributed by atoms with Gasteiger partial charge in [-0.3, -0.25) is 0 Å². The number of anilines is 6. The number of benzene rings is 9. The molecule has 0 atom stereocenters. The third-order valence-electron chi connectivity index (χ3n) is 11.6. The summed E-state index contributed by atoms with van der Waals surface area (Å²) in [5, 5.41) is 0. The Morgan fingerprint density at radius 1 is 0.281 bits per heavy atom. The molecule has 0 spiro atoms. The predicted molar refractivity (Wildman–Crippen MR) is 242 cm³/mol. The van der Waals surface area contributed by atoms with E-state index < -0.39 is 0 Å². The number of hydrogen-bond acceptors (Lipinski definition) is 2. The summed E-state index contributed by atoms with van der Waals surface area (Å²) in [4.78, 5) is 4.99. The molecule has 0 saturated carbocycles. The fraction of sp³-hybridized carbons (Fsp3) is 0. The summed E-state index contributed by atoms with van der Waals surface area (Å²) in [7, 11) is 0. The van der Waals surface area contributed by atoms with Gasteiger partial charge in [-0.25, -0.2) is 0 Å². The molecule has 3 heteroatoms. The van der Waals surface area contributed by atoms with Gasteiger partial charge in [0.25, 0.3) is 6.71 Å². The molecule has 9 aromatic carbocycles. The van der Waals surface area contributed by atoms with Gasteiger partial charge < -0.3 is 9.80 Å².